The van der Waals surface area contributed by atoms with Gasteiger partial charge in [-0.1, -0.05) is 19.8 Å². The summed E-state index contributed by atoms with van der Waals surface area (Å²) in [5.74, 6) is 0.178. The van der Waals surface area contributed by atoms with Gasteiger partial charge in [0.25, 0.3) is 0 Å². The van der Waals surface area contributed by atoms with Crippen LogP contribution in [0.15, 0.2) is 0 Å². The summed E-state index contributed by atoms with van der Waals surface area (Å²) >= 11 is 0. The van der Waals surface area contributed by atoms with Crippen LogP contribution in [0.1, 0.15) is 39.5 Å². The van der Waals surface area contributed by atoms with E-state index in [4.69, 9.17) is 4.74 Å². The Morgan fingerprint density at radius 2 is 1.86 bits per heavy atom. The van der Waals surface area contributed by atoms with Crippen LogP contribution in [0.3, 0.4) is 0 Å². The average molecular weight is 297 g/mol. The smallest absolute Gasteiger partial charge is 0.224 e. The molecule has 1 aliphatic carbocycles. The molecule has 21 heavy (non-hydrogen) atoms. The highest BCUT2D eigenvalue weighted by Gasteiger charge is 2.45. The van der Waals surface area contributed by atoms with Crippen LogP contribution < -0.4 is 10.6 Å². The van der Waals surface area contributed by atoms with Crippen molar-refractivity contribution in [2.24, 2.45) is 5.92 Å². The first-order valence-electron chi connectivity index (χ1n) is 8.38. The van der Waals surface area contributed by atoms with E-state index in [1.54, 1.807) is 0 Å². The Kier molecular flexibility index (Phi) is 6.02. The molecule has 122 valence electrons. The highest BCUT2D eigenvalue weighted by atomic mass is 16.5. The van der Waals surface area contributed by atoms with Crippen LogP contribution in [0, 0.1) is 5.92 Å². The molecule has 2 N–H and O–H groups in total. The molecule has 2 fully saturated rings. The Balaban J connectivity index is 2.01. The molecule has 0 bridgehead atoms. The van der Waals surface area contributed by atoms with Crippen molar-refractivity contribution in [1.29, 1.82) is 0 Å². The van der Waals surface area contributed by atoms with Gasteiger partial charge in [-0.05, 0) is 26.8 Å². The molecule has 5 heteroatoms. The summed E-state index contributed by atoms with van der Waals surface area (Å²) in [6, 6.07) is 0.199. The van der Waals surface area contributed by atoms with E-state index in [2.05, 4.69) is 22.5 Å². The lowest BCUT2D eigenvalue weighted by Gasteiger charge is -2.47. The number of amides is 1. The van der Waals surface area contributed by atoms with Crippen molar-refractivity contribution in [3.63, 3.8) is 0 Å². The highest BCUT2D eigenvalue weighted by molar-refractivity contribution is 5.78. The number of nitrogens with zero attached hydrogens (tertiary/aromatic N) is 1. The third-order valence-corrected chi connectivity index (χ3v) is 5.23. The summed E-state index contributed by atoms with van der Waals surface area (Å²) < 4.78 is 5.50. The third kappa shape index (κ3) is 3.76. The maximum atomic E-state index is 12.3. The largest absolute Gasteiger partial charge is 0.379 e. The number of hydrogen-bond acceptors (Lipinski definition) is 4. The van der Waals surface area contributed by atoms with Gasteiger partial charge in [0.2, 0.25) is 5.91 Å². The normalized spacial score (nSPS) is 25.5. The lowest BCUT2D eigenvalue weighted by Crippen LogP contribution is -2.62. The molecule has 0 aromatic heterocycles. The summed E-state index contributed by atoms with van der Waals surface area (Å²) in [5, 5.41) is 6.36. The Morgan fingerprint density at radius 1 is 1.24 bits per heavy atom. The van der Waals surface area contributed by atoms with Crippen molar-refractivity contribution in [3.05, 3.63) is 0 Å². The third-order valence-electron chi connectivity index (χ3n) is 5.23. The molecule has 2 unspecified atom stereocenters. The van der Waals surface area contributed by atoms with E-state index in [0.29, 0.717) is 0 Å². The van der Waals surface area contributed by atoms with Gasteiger partial charge in [-0.3, -0.25) is 9.69 Å². The number of carbonyl (C=O) groups is 1. The SMILES string of the molecule is CNCC(C)C(=O)NC(C)C1(N2CCOCC2)CCCC1. The molecule has 1 heterocycles. The van der Waals surface area contributed by atoms with Crippen LogP contribution >= 0.6 is 0 Å². The van der Waals surface area contributed by atoms with Crippen molar-refractivity contribution >= 4 is 5.91 Å². The summed E-state index contributed by atoms with van der Waals surface area (Å²) in [7, 11) is 1.89. The fraction of sp³-hybridized carbons (Fsp3) is 0.938. The Hall–Kier alpha value is -0.650. The van der Waals surface area contributed by atoms with E-state index < -0.39 is 0 Å². The maximum Gasteiger partial charge on any atom is 0.224 e. The lowest BCUT2D eigenvalue weighted by molar-refractivity contribution is -0.126. The zero-order chi connectivity index (χ0) is 15.3. The van der Waals surface area contributed by atoms with E-state index >= 15 is 0 Å². The quantitative estimate of drug-likeness (QED) is 0.768. The zero-order valence-electron chi connectivity index (χ0n) is 13.8. The highest BCUT2D eigenvalue weighted by Crippen LogP contribution is 2.38. The zero-order valence-corrected chi connectivity index (χ0v) is 13.8. The number of ether oxygens (including phenoxy) is 1. The van der Waals surface area contributed by atoms with Gasteiger partial charge >= 0.3 is 0 Å². The molecule has 5 nitrogen and oxygen atoms in total. The molecule has 1 amide bonds. The molecule has 0 aromatic rings. The van der Waals surface area contributed by atoms with Crippen molar-refractivity contribution in [2.75, 3.05) is 39.9 Å². The second-order valence-electron chi connectivity index (χ2n) is 6.60. The van der Waals surface area contributed by atoms with Crippen molar-refractivity contribution in [2.45, 2.75) is 51.1 Å². The average Bonchev–Trinajstić information content (AvgIpc) is 2.99. The maximum absolute atomic E-state index is 12.3. The lowest BCUT2D eigenvalue weighted by atomic mass is 9.86. The predicted molar refractivity (Wildman–Crippen MR) is 84.3 cm³/mol. The first-order valence-corrected chi connectivity index (χ1v) is 8.38. The Labute approximate surface area is 128 Å². The fourth-order valence-electron chi connectivity index (χ4n) is 3.91. The molecular weight excluding hydrogens is 266 g/mol. The molecular formula is C16H31N3O2. The minimum atomic E-state index is 0.0144. The van der Waals surface area contributed by atoms with Crippen LogP contribution in [0.2, 0.25) is 0 Å². The number of carbonyl (C=O) groups excluding carboxylic acids is 1. The van der Waals surface area contributed by atoms with Gasteiger partial charge in [-0.2, -0.15) is 0 Å². The molecule has 0 radical (unpaired) electrons. The topological polar surface area (TPSA) is 53.6 Å². The minimum Gasteiger partial charge on any atom is -0.379 e. The minimum absolute atomic E-state index is 0.0144. The van der Waals surface area contributed by atoms with Crippen LogP contribution in [0.5, 0.6) is 0 Å². The summed E-state index contributed by atoms with van der Waals surface area (Å²) in [4.78, 5) is 14.9. The van der Waals surface area contributed by atoms with E-state index in [0.717, 1.165) is 32.8 Å². The second-order valence-corrected chi connectivity index (χ2v) is 6.60. The number of nitrogens with one attached hydrogen (secondary N) is 2. The molecule has 0 aromatic carbocycles. The second kappa shape index (κ2) is 7.56. The van der Waals surface area contributed by atoms with Gasteiger partial charge in [0, 0.05) is 37.1 Å². The number of morpholine rings is 1. The molecule has 1 aliphatic heterocycles. The standard InChI is InChI=1S/C16H31N3O2/c1-13(12-17-3)15(20)18-14(2)16(6-4-5-7-16)19-8-10-21-11-9-19/h13-14,17H,4-12H2,1-3H3,(H,18,20). The Morgan fingerprint density at radius 3 is 2.43 bits per heavy atom. The van der Waals surface area contributed by atoms with Crippen molar-refractivity contribution in [1.82, 2.24) is 15.5 Å². The van der Waals surface area contributed by atoms with Crippen LogP contribution in [-0.4, -0.2) is 62.3 Å². The fourth-order valence-corrected chi connectivity index (χ4v) is 3.91. The summed E-state index contributed by atoms with van der Waals surface area (Å²) in [5.41, 5.74) is 0.138. The van der Waals surface area contributed by atoms with Crippen LogP contribution in [0.4, 0.5) is 0 Å². The first kappa shape index (κ1) is 16.7. The van der Waals surface area contributed by atoms with Gasteiger partial charge in [0.15, 0.2) is 0 Å². The van der Waals surface area contributed by atoms with E-state index in [1.165, 1.54) is 25.7 Å². The van der Waals surface area contributed by atoms with Crippen LogP contribution in [-0.2, 0) is 9.53 Å². The van der Waals surface area contributed by atoms with Crippen molar-refractivity contribution < 1.29 is 9.53 Å². The monoisotopic (exact) mass is 297 g/mol. The van der Waals surface area contributed by atoms with E-state index in [-0.39, 0.29) is 23.4 Å². The van der Waals surface area contributed by atoms with Crippen LogP contribution in [0.25, 0.3) is 0 Å². The molecule has 1 saturated carbocycles. The van der Waals surface area contributed by atoms with Gasteiger partial charge in [-0.15, -0.1) is 0 Å². The van der Waals surface area contributed by atoms with Gasteiger partial charge in [-0.25, -0.2) is 0 Å². The molecule has 2 aliphatic rings. The van der Waals surface area contributed by atoms with Gasteiger partial charge in [0.1, 0.15) is 0 Å². The molecule has 2 rings (SSSR count). The molecule has 1 saturated heterocycles. The van der Waals surface area contributed by atoms with Crippen molar-refractivity contribution in [3.8, 4) is 0 Å². The Bertz CT molecular complexity index is 336. The van der Waals surface area contributed by atoms with Gasteiger partial charge in [0.05, 0.1) is 13.2 Å². The first-order chi connectivity index (χ1) is 10.1. The molecule has 2 atom stereocenters. The summed E-state index contributed by atoms with van der Waals surface area (Å²) in [6.45, 7) is 8.51. The van der Waals surface area contributed by atoms with Gasteiger partial charge < -0.3 is 15.4 Å². The molecule has 0 spiro atoms. The predicted octanol–water partition coefficient (Wildman–Crippen LogP) is 0.992. The number of rotatable bonds is 6. The van der Waals surface area contributed by atoms with E-state index in [1.807, 2.05) is 14.0 Å². The van der Waals surface area contributed by atoms with E-state index in [9.17, 15) is 4.79 Å². The summed E-state index contributed by atoms with van der Waals surface area (Å²) in [6.07, 6.45) is 4.91. The number of hydrogen-bond donors (Lipinski definition) is 2.